The van der Waals surface area contributed by atoms with Crippen LogP contribution in [0, 0.1) is 0 Å². The Kier molecular flexibility index (Phi) is 4.42. The molecule has 0 aliphatic carbocycles. The number of esters is 1. The van der Waals surface area contributed by atoms with Gasteiger partial charge in [0.25, 0.3) is 0 Å². The fourth-order valence-electron chi connectivity index (χ4n) is 2.15. The highest BCUT2D eigenvalue weighted by Gasteiger charge is 2.21. The maximum atomic E-state index is 11.5. The molecule has 2 N–H and O–H groups in total. The monoisotopic (exact) mass is 284 g/mol. The Morgan fingerprint density at radius 2 is 1.89 bits per heavy atom. The molecule has 0 saturated carbocycles. The van der Waals surface area contributed by atoms with Crippen LogP contribution in [0.1, 0.15) is 36.2 Å². The topological polar surface area (TPSA) is 81.3 Å². The average molecular weight is 285 g/mol. The van der Waals surface area contributed by atoms with E-state index in [2.05, 4.69) is 19.6 Å². The molecule has 0 radical (unpaired) electrons. The first-order chi connectivity index (χ1) is 9.13. The van der Waals surface area contributed by atoms with Crippen molar-refractivity contribution in [2.75, 3.05) is 30.8 Å². The van der Waals surface area contributed by atoms with Gasteiger partial charge in [-0.2, -0.15) is 0 Å². The zero-order chi connectivity index (χ0) is 13.8. The van der Waals surface area contributed by atoms with Crippen LogP contribution in [0.2, 0.25) is 5.15 Å². The summed E-state index contributed by atoms with van der Waals surface area (Å²) in [5.74, 6) is -0.0291. The summed E-state index contributed by atoms with van der Waals surface area (Å²) in [4.78, 5) is 21.7. The molecule has 1 aliphatic heterocycles. The van der Waals surface area contributed by atoms with Gasteiger partial charge in [0, 0.05) is 13.1 Å². The molecule has 1 aromatic heterocycles. The molecule has 0 atom stereocenters. The number of hydrogen-bond donors (Lipinski definition) is 1. The van der Waals surface area contributed by atoms with Gasteiger partial charge in [0.1, 0.15) is 0 Å². The number of carbonyl (C=O) groups is 1. The molecule has 1 saturated heterocycles. The normalized spacial score (nSPS) is 16.0. The van der Waals surface area contributed by atoms with Crippen molar-refractivity contribution in [3.8, 4) is 0 Å². The fourth-order valence-corrected chi connectivity index (χ4v) is 2.40. The van der Waals surface area contributed by atoms with Crippen molar-refractivity contribution >= 4 is 29.2 Å². The number of hydrogen-bond acceptors (Lipinski definition) is 6. The van der Waals surface area contributed by atoms with Gasteiger partial charge in [-0.3, -0.25) is 0 Å². The van der Waals surface area contributed by atoms with Gasteiger partial charge in [-0.15, -0.1) is 0 Å². The Labute approximate surface area is 116 Å². The largest absolute Gasteiger partial charge is 0.464 e. The summed E-state index contributed by atoms with van der Waals surface area (Å²) in [5, 5.41) is 0.191. The number of nitrogen functional groups attached to an aromatic ring is 1. The lowest BCUT2D eigenvalue weighted by molar-refractivity contribution is 0.0595. The van der Waals surface area contributed by atoms with Crippen LogP contribution in [0.5, 0.6) is 0 Å². The SMILES string of the molecule is COC(=O)c1nc(Cl)c(N2CCCCCC2)nc1N. The van der Waals surface area contributed by atoms with Gasteiger partial charge < -0.3 is 15.4 Å². The molecular formula is C12H17ClN4O2. The highest BCUT2D eigenvalue weighted by atomic mass is 35.5. The molecule has 1 fully saturated rings. The average Bonchev–Trinajstić information content (AvgIpc) is 2.69. The van der Waals surface area contributed by atoms with Crippen molar-refractivity contribution in [1.29, 1.82) is 0 Å². The summed E-state index contributed by atoms with van der Waals surface area (Å²) in [6, 6.07) is 0. The fraction of sp³-hybridized carbons (Fsp3) is 0.583. The third-order valence-corrected chi connectivity index (χ3v) is 3.40. The Morgan fingerprint density at radius 1 is 1.26 bits per heavy atom. The molecule has 6 nitrogen and oxygen atoms in total. The van der Waals surface area contributed by atoms with Gasteiger partial charge in [-0.05, 0) is 12.8 Å². The maximum absolute atomic E-state index is 11.5. The molecule has 104 valence electrons. The molecule has 0 amide bonds. The second-order valence-corrected chi connectivity index (χ2v) is 4.82. The minimum absolute atomic E-state index is 0.0360. The molecule has 0 aromatic carbocycles. The third-order valence-electron chi connectivity index (χ3n) is 3.15. The van der Waals surface area contributed by atoms with Gasteiger partial charge in [-0.25, -0.2) is 14.8 Å². The summed E-state index contributed by atoms with van der Waals surface area (Å²) >= 11 is 6.11. The molecule has 2 rings (SSSR count). The van der Waals surface area contributed by atoms with Crippen LogP contribution < -0.4 is 10.6 Å². The van der Waals surface area contributed by atoms with Crippen molar-refractivity contribution in [2.45, 2.75) is 25.7 Å². The number of halogens is 1. The number of nitrogens with zero attached hydrogens (tertiary/aromatic N) is 3. The molecule has 0 unspecified atom stereocenters. The second kappa shape index (κ2) is 6.06. The van der Waals surface area contributed by atoms with E-state index >= 15 is 0 Å². The first-order valence-electron chi connectivity index (χ1n) is 6.29. The van der Waals surface area contributed by atoms with Crippen molar-refractivity contribution in [3.63, 3.8) is 0 Å². The number of aromatic nitrogens is 2. The van der Waals surface area contributed by atoms with E-state index in [1.165, 1.54) is 20.0 Å². The number of anilines is 2. The van der Waals surface area contributed by atoms with Gasteiger partial charge in [0.05, 0.1) is 7.11 Å². The minimum Gasteiger partial charge on any atom is -0.464 e. The Hall–Kier alpha value is -1.56. The number of rotatable bonds is 2. The molecule has 19 heavy (non-hydrogen) atoms. The van der Waals surface area contributed by atoms with Crippen LogP contribution >= 0.6 is 11.6 Å². The zero-order valence-electron chi connectivity index (χ0n) is 10.9. The predicted octanol–water partition coefficient (Wildman–Crippen LogP) is 1.88. The summed E-state index contributed by atoms with van der Waals surface area (Å²) in [6.45, 7) is 1.76. The summed E-state index contributed by atoms with van der Waals surface area (Å²) in [6.07, 6.45) is 4.60. The third kappa shape index (κ3) is 3.07. The van der Waals surface area contributed by atoms with Gasteiger partial charge in [0.15, 0.2) is 22.5 Å². The smallest absolute Gasteiger partial charge is 0.360 e. The van der Waals surface area contributed by atoms with E-state index in [0.29, 0.717) is 5.82 Å². The van der Waals surface area contributed by atoms with Gasteiger partial charge in [0.2, 0.25) is 0 Å². The number of methoxy groups -OCH3 is 1. The predicted molar refractivity (Wildman–Crippen MR) is 73.5 cm³/mol. The Bertz CT molecular complexity index is 473. The summed E-state index contributed by atoms with van der Waals surface area (Å²) in [5.41, 5.74) is 5.72. The lowest BCUT2D eigenvalue weighted by atomic mass is 10.2. The molecule has 1 aliphatic rings. The van der Waals surface area contributed by atoms with Crippen molar-refractivity contribution in [1.82, 2.24) is 9.97 Å². The highest BCUT2D eigenvalue weighted by Crippen LogP contribution is 2.26. The highest BCUT2D eigenvalue weighted by molar-refractivity contribution is 6.32. The van der Waals surface area contributed by atoms with Crippen LogP contribution in [0.3, 0.4) is 0 Å². The van der Waals surface area contributed by atoms with Crippen LogP contribution in [0.4, 0.5) is 11.6 Å². The lowest BCUT2D eigenvalue weighted by Gasteiger charge is -2.22. The molecule has 2 heterocycles. The number of carbonyl (C=O) groups excluding carboxylic acids is 1. The second-order valence-electron chi connectivity index (χ2n) is 4.46. The van der Waals surface area contributed by atoms with Gasteiger partial charge >= 0.3 is 5.97 Å². The van der Waals surface area contributed by atoms with E-state index in [9.17, 15) is 4.79 Å². The van der Waals surface area contributed by atoms with E-state index < -0.39 is 5.97 Å². The van der Waals surface area contributed by atoms with Crippen LogP contribution in [0.25, 0.3) is 0 Å². The van der Waals surface area contributed by atoms with Crippen molar-refractivity contribution < 1.29 is 9.53 Å². The van der Waals surface area contributed by atoms with E-state index in [1.807, 2.05) is 0 Å². The summed E-state index contributed by atoms with van der Waals surface area (Å²) < 4.78 is 4.58. The minimum atomic E-state index is -0.630. The standard InChI is InChI=1S/C12H17ClN4O2/c1-19-12(18)8-10(14)16-11(9(13)15-8)17-6-4-2-3-5-7-17/h2-7H2,1H3,(H2,14,16). The number of ether oxygens (including phenoxy) is 1. The van der Waals surface area contributed by atoms with E-state index in [1.54, 1.807) is 0 Å². The lowest BCUT2D eigenvalue weighted by Crippen LogP contribution is -2.26. The molecule has 0 bridgehead atoms. The zero-order valence-corrected chi connectivity index (χ0v) is 11.6. The van der Waals surface area contributed by atoms with Gasteiger partial charge in [-0.1, -0.05) is 24.4 Å². The van der Waals surface area contributed by atoms with Crippen LogP contribution in [-0.2, 0) is 4.74 Å². The van der Waals surface area contributed by atoms with E-state index in [4.69, 9.17) is 17.3 Å². The number of nitrogens with two attached hydrogens (primary N) is 1. The van der Waals surface area contributed by atoms with Crippen LogP contribution in [0.15, 0.2) is 0 Å². The van der Waals surface area contributed by atoms with E-state index in [0.717, 1.165) is 25.9 Å². The molecule has 0 spiro atoms. The quantitative estimate of drug-likeness (QED) is 0.835. The Balaban J connectivity index is 2.31. The molecular weight excluding hydrogens is 268 g/mol. The summed E-state index contributed by atoms with van der Waals surface area (Å²) in [7, 11) is 1.26. The first-order valence-corrected chi connectivity index (χ1v) is 6.67. The van der Waals surface area contributed by atoms with Crippen molar-refractivity contribution in [3.05, 3.63) is 10.8 Å². The Morgan fingerprint density at radius 3 is 2.47 bits per heavy atom. The maximum Gasteiger partial charge on any atom is 0.360 e. The van der Waals surface area contributed by atoms with Crippen molar-refractivity contribution in [2.24, 2.45) is 0 Å². The molecule has 7 heteroatoms. The first kappa shape index (κ1) is 13.9. The molecule has 1 aromatic rings. The van der Waals surface area contributed by atoms with Crippen LogP contribution in [-0.4, -0.2) is 36.1 Å². The van der Waals surface area contributed by atoms with E-state index in [-0.39, 0.29) is 16.7 Å².